The molecule has 4 heterocycles. The maximum absolute atomic E-state index is 11.6. The normalized spacial score (nSPS) is 62.2. The molecule has 26 heavy (non-hydrogen) atoms. The van der Waals surface area contributed by atoms with Crippen molar-refractivity contribution in [3.63, 3.8) is 0 Å². The molecule has 3 N–H and O–H groups in total. The molecule has 2 spiro atoms. The van der Waals surface area contributed by atoms with Gasteiger partial charge >= 0.3 is 0 Å². The van der Waals surface area contributed by atoms with Gasteiger partial charge in [-0.1, -0.05) is 19.1 Å². The van der Waals surface area contributed by atoms with E-state index < -0.39 is 28.5 Å². The van der Waals surface area contributed by atoms with Gasteiger partial charge in [0.25, 0.3) is 0 Å². The smallest absolute Gasteiger partial charge is 0.102 e. The minimum atomic E-state index is -0.698. The van der Waals surface area contributed by atoms with Crippen LogP contribution in [0.2, 0.25) is 0 Å². The number of fused-ring (bicyclic) bond motifs is 2. The van der Waals surface area contributed by atoms with E-state index in [2.05, 4.69) is 32.9 Å². The minimum Gasteiger partial charge on any atom is -0.396 e. The lowest BCUT2D eigenvalue weighted by molar-refractivity contribution is -0.207. The highest BCUT2D eigenvalue weighted by Gasteiger charge is 2.81. The molecule has 4 bridgehead atoms. The van der Waals surface area contributed by atoms with E-state index in [1.54, 1.807) is 0 Å². The van der Waals surface area contributed by atoms with Gasteiger partial charge in [0.1, 0.15) is 11.2 Å². The average molecular weight is 362 g/mol. The quantitative estimate of drug-likeness (QED) is 0.648. The molecular weight excluding hydrogens is 332 g/mol. The highest BCUT2D eigenvalue weighted by Crippen LogP contribution is 2.73. The summed E-state index contributed by atoms with van der Waals surface area (Å²) >= 11 is 0. The second-order valence-corrected chi connectivity index (χ2v) is 9.65. The van der Waals surface area contributed by atoms with Crippen LogP contribution in [-0.2, 0) is 9.47 Å². The first-order valence-electron chi connectivity index (χ1n) is 9.82. The van der Waals surface area contributed by atoms with Crippen molar-refractivity contribution in [2.75, 3.05) is 13.2 Å². The fourth-order valence-corrected chi connectivity index (χ4v) is 7.92. The summed E-state index contributed by atoms with van der Waals surface area (Å²) in [6, 6.07) is 0. The summed E-state index contributed by atoms with van der Waals surface area (Å²) in [5.41, 5.74) is -0.145. The predicted octanol–water partition coefficient (Wildman–Crippen LogP) is 1.42. The van der Waals surface area contributed by atoms with Crippen molar-refractivity contribution in [2.24, 2.45) is 29.6 Å². The van der Waals surface area contributed by atoms with Crippen molar-refractivity contribution >= 4 is 0 Å². The second-order valence-electron chi connectivity index (χ2n) is 9.65. The zero-order chi connectivity index (χ0) is 18.9. The van der Waals surface area contributed by atoms with Crippen molar-refractivity contribution in [3.05, 3.63) is 23.3 Å². The van der Waals surface area contributed by atoms with Crippen molar-refractivity contribution in [1.82, 2.24) is 0 Å². The van der Waals surface area contributed by atoms with Crippen molar-refractivity contribution < 1.29 is 24.8 Å². The third kappa shape index (κ3) is 1.45. The molecule has 5 rings (SSSR count). The highest BCUT2D eigenvalue weighted by atomic mass is 16.6. The molecule has 2 unspecified atom stereocenters. The van der Waals surface area contributed by atoms with Crippen LogP contribution in [0.4, 0.5) is 0 Å². The number of aliphatic hydroxyl groups is 3. The summed E-state index contributed by atoms with van der Waals surface area (Å²) in [6.07, 6.45) is 3.57. The van der Waals surface area contributed by atoms with E-state index >= 15 is 0 Å². The summed E-state index contributed by atoms with van der Waals surface area (Å²) in [4.78, 5) is 0. The van der Waals surface area contributed by atoms with Crippen LogP contribution in [0.1, 0.15) is 34.6 Å². The first-order valence-corrected chi connectivity index (χ1v) is 9.82. The number of ether oxygens (including phenoxy) is 2. The molecule has 0 aromatic rings. The maximum atomic E-state index is 11.6. The largest absolute Gasteiger partial charge is 0.396 e. The van der Waals surface area contributed by atoms with Crippen LogP contribution >= 0.6 is 0 Å². The minimum absolute atomic E-state index is 0.0161. The van der Waals surface area contributed by atoms with Crippen molar-refractivity contribution in [3.8, 4) is 0 Å². The van der Waals surface area contributed by atoms with Crippen LogP contribution in [0, 0.1) is 29.6 Å². The molecule has 3 fully saturated rings. The molecule has 1 saturated carbocycles. The molecule has 4 aliphatic heterocycles. The summed E-state index contributed by atoms with van der Waals surface area (Å²) in [5.74, 6) is -0.714. The Morgan fingerprint density at radius 1 is 0.885 bits per heavy atom. The number of rotatable bonds is 2. The van der Waals surface area contributed by atoms with Gasteiger partial charge < -0.3 is 24.8 Å². The highest BCUT2D eigenvalue weighted by molar-refractivity contribution is 5.47. The van der Waals surface area contributed by atoms with Gasteiger partial charge in [-0.25, -0.2) is 0 Å². The Labute approximate surface area is 154 Å². The van der Waals surface area contributed by atoms with E-state index in [-0.39, 0.29) is 42.8 Å². The predicted molar refractivity (Wildman–Crippen MR) is 95.3 cm³/mol. The summed E-state index contributed by atoms with van der Waals surface area (Å²) < 4.78 is 13.3. The molecule has 5 aliphatic rings. The molecule has 144 valence electrons. The van der Waals surface area contributed by atoms with Gasteiger partial charge in [0.05, 0.1) is 17.3 Å². The molecule has 1 aliphatic carbocycles. The van der Waals surface area contributed by atoms with Crippen LogP contribution in [0.25, 0.3) is 0 Å². The van der Waals surface area contributed by atoms with Crippen LogP contribution < -0.4 is 0 Å². The number of aliphatic hydroxyl groups excluding tert-OH is 3. The Bertz CT molecular complexity index is 685. The first kappa shape index (κ1) is 17.4. The number of hydrogen-bond donors (Lipinski definition) is 3. The van der Waals surface area contributed by atoms with E-state index in [0.29, 0.717) is 0 Å². The van der Waals surface area contributed by atoms with E-state index in [1.165, 1.54) is 0 Å². The van der Waals surface area contributed by atoms with Gasteiger partial charge in [-0.15, -0.1) is 0 Å². The maximum Gasteiger partial charge on any atom is 0.102 e. The molecular formula is C21H30O5. The zero-order valence-electron chi connectivity index (χ0n) is 16.2. The molecule has 5 heteroatoms. The molecule has 0 radical (unpaired) electrons. The second kappa shape index (κ2) is 4.64. The van der Waals surface area contributed by atoms with E-state index in [9.17, 15) is 15.3 Å². The van der Waals surface area contributed by atoms with Crippen LogP contribution in [0.5, 0.6) is 0 Å². The van der Waals surface area contributed by atoms with Gasteiger partial charge in [-0.3, -0.25) is 0 Å². The fourth-order valence-electron chi connectivity index (χ4n) is 7.92. The third-order valence-electron chi connectivity index (χ3n) is 8.76. The van der Waals surface area contributed by atoms with Gasteiger partial charge in [0.2, 0.25) is 0 Å². The Hall–Kier alpha value is -0.720. The third-order valence-corrected chi connectivity index (χ3v) is 8.76. The van der Waals surface area contributed by atoms with Crippen LogP contribution in [0.15, 0.2) is 23.3 Å². The SMILES string of the molecule is CC1=C[C@@]2(C)O[C@@]13C(C)[C@@]14O[C@@](C)(C=C1C)[C@@H](CO)[C@@H]4C(O)[C@@H]3[C@H]2CO. The van der Waals surface area contributed by atoms with Crippen LogP contribution in [0.3, 0.4) is 0 Å². The summed E-state index contributed by atoms with van der Waals surface area (Å²) in [5, 5.41) is 32.0. The van der Waals surface area contributed by atoms with E-state index in [0.717, 1.165) is 11.1 Å². The van der Waals surface area contributed by atoms with Crippen molar-refractivity contribution in [2.45, 2.75) is 63.1 Å². The standard InChI is InChI=1S/C21H30O5/c1-10-6-18(4)13(8-22)15-17(24)16-14(9-23)19(5)7-11(2)21(16,26-19)12(3)20(10,15)25-18/h6-7,12-17,22-24H,8-9H2,1-5H3/t12?,13-,14+,15+,16-,17?,18-,19+,20-,21+. The monoisotopic (exact) mass is 362 g/mol. The summed E-state index contributed by atoms with van der Waals surface area (Å²) in [6.45, 7) is 10.3. The van der Waals surface area contributed by atoms with Gasteiger partial charge in [0.15, 0.2) is 0 Å². The lowest BCUT2D eigenvalue weighted by atomic mass is 9.47. The Morgan fingerprint density at radius 2 is 1.27 bits per heavy atom. The number of hydrogen-bond acceptors (Lipinski definition) is 5. The van der Waals surface area contributed by atoms with Gasteiger partial charge in [-0.05, 0) is 38.8 Å². The topological polar surface area (TPSA) is 79.2 Å². The summed E-state index contributed by atoms with van der Waals surface area (Å²) in [7, 11) is 0. The van der Waals surface area contributed by atoms with E-state index in [4.69, 9.17) is 9.47 Å². The van der Waals surface area contributed by atoms with E-state index in [1.807, 2.05) is 13.8 Å². The van der Waals surface area contributed by atoms with Gasteiger partial charge in [-0.2, -0.15) is 0 Å². The first-order chi connectivity index (χ1) is 12.1. The molecule has 0 aromatic carbocycles. The fraction of sp³-hybridized carbons (Fsp3) is 0.810. The Balaban J connectivity index is 1.75. The zero-order valence-corrected chi connectivity index (χ0v) is 16.2. The molecule has 0 aromatic heterocycles. The molecule has 10 atom stereocenters. The van der Waals surface area contributed by atoms with Crippen molar-refractivity contribution in [1.29, 1.82) is 0 Å². The lowest BCUT2D eigenvalue weighted by Crippen LogP contribution is -2.68. The lowest BCUT2D eigenvalue weighted by Gasteiger charge is -2.58. The Kier molecular flexibility index (Phi) is 3.10. The average Bonchev–Trinajstić information content (AvgIpc) is 3.18. The Morgan fingerprint density at radius 3 is 1.62 bits per heavy atom. The molecule has 2 saturated heterocycles. The van der Waals surface area contributed by atoms with Gasteiger partial charge in [0, 0.05) is 42.8 Å². The molecule has 0 amide bonds. The van der Waals surface area contributed by atoms with Crippen LogP contribution in [-0.4, -0.2) is 57.0 Å². The molecule has 5 nitrogen and oxygen atoms in total.